The molecule has 0 aromatic heterocycles. The van der Waals surface area contributed by atoms with Crippen LogP contribution in [0.25, 0.3) is 0 Å². The molecule has 0 bridgehead atoms. The number of nitrogens with one attached hydrogen (secondary N) is 1. The van der Waals surface area contributed by atoms with Crippen LogP contribution in [-0.4, -0.2) is 35.6 Å². The van der Waals surface area contributed by atoms with E-state index < -0.39 is 0 Å². The Hall–Kier alpha value is -0.0800. The van der Waals surface area contributed by atoms with E-state index >= 15 is 0 Å². The Morgan fingerprint density at radius 2 is 1.68 bits per heavy atom. The maximum absolute atomic E-state index is 3.98. The standard InChI is InChI=1S/C17H32N2/c1-14(2)16-12-18-17(10-6-3-7-11-17)13-19(16)15-8-4-5-9-15/h14-16,18H,3-13H2,1-2H3. The lowest BCUT2D eigenvalue weighted by Gasteiger charge is -2.53. The van der Waals surface area contributed by atoms with E-state index in [2.05, 4.69) is 24.1 Å². The van der Waals surface area contributed by atoms with Gasteiger partial charge in [0.05, 0.1) is 0 Å². The minimum absolute atomic E-state index is 0.478. The molecule has 2 heteroatoms. The maximum atomic E-state index is 3.98. The van der Waals surface area contributed by atoms with E-state index in [4.69, 9.17) is 0 Å². The molecule has 1 atom stereocenters. The van der Waals surface area contributed by atoms with Gasteiger partial charge in [-0.1, -0.05) is 46.0 Å². The minimum Gasteiger partial charge on any atom is -0.308 e. The topological polar surface area (TPSA) is 15.3 Å². The van der Waals surface area contributed by atoms with Gasteiger partial charge in [0.2, 0.25) is 0 Å². The smallest absolute Gasteiger partial charge is 0.0309 e. The van der Waals surface area contributed by atoms with Crippen LogP contribution < -0.4 is 5.32 Å². The molecule has 2 saturated carbocycles. The summed E-state index contributed by atoms with van der Waals surface area (Å²) in [6, 6.07) is 1.67. The highest BCUT2D eigenvalue weighted by molar-refractivity contribution is 5.02. The van der Waals surface area contributed by atoms with Gasteiger partial charge in [0.15, 0.2) is 0 Å². The van der Waals surface area contributed by atoms with Crippen molar-refractivity contribution < 1.29 is 0 Å². The Morgan fingerprint density at radius 3 is 2.32 bits per heavy atom. The van der Waals surface area contributed by atoms with Gasteiger partial charge >= 0.3 is 0 Å². The normalized spacial score (nSPS) is 33.3. The average Bonchev–Trinajstić information content (AvgIpc) is 2.93. The van der Waals surface area contributed by atoms with Crippen LogP contribution in [0, 0.1) is 5.92 Å². The summed E-state index contributed by atoms with van der Waals surface area (Å²) in [6.07, 6.45) is 13.0. The first-order chi connectivity index (χ1) is 9.20. The summed E-state index contributed by atoms with van der Waals surface area (Å²) < 4.78 is 0. The summed E-state index contributed by atoms with van der Waals surface area (Å²) in [6.45, 7) is 7.38. The summed E-state index contributed by atoms with van der Waals surface area (Å²) >= 11 is 0. The van der Waals surface area contributed by atoms with Gasteiger partial charge in [0.1, 0.15) is 0 Å². The predicted octanol–water partition coefficient (Wildman–Crippen LogP) is 3.56. The first-order valence-corrected chi connectivity index (χ1v) is 8.71. The van der Waals surface area contributed by atoms with Gasteiger partial charge in [0, 0.05) is 30.7 Å². The van der Waals surface area contributed by atoms with Crippen molar-refractivity contribution in [2.75, 3.05) is 13.1 Å². The van der Waals surface area contributed by atoms with Gasteiger partial charge in [-0.15, -0.1) is 0 Å². The van der Waals surface area contributed by atoms with Crippen molar-refractivity contribution in [2.24, 2.45) is 5.92 Å². The van der Waals surface area contributed by atoms with Crippen LogP contribution in [0.5, 0.6) is 0 Å². The molecule has 1 spiro atoms. The van der Waals surface area contributed by atoms with Crippen LogP contribution in [0.15, 0.2) is 0 Å². The van der Waals surface area contributed by atoms with Crippen molar-refractivity contribution in [1.82, 2.24) is 10.2 Å². The van der Waals surface area contributed by atoms with Gasteiger partial charge in [0.25, 0.3) is 0 Å². The van der Waals surface area contributed by atoms with Crippen LogP contribution in [-0.2, 0) is 0 Å². The zero-order chi connectivity index (χ0) is 13.3. The molecular weight excluding hydrogens is 232 g/mol. The van der Waals surface area contributed by atoms with Gasteiger partial charge in [-0.2, -0.15) is 0 Å². The van der Waals surface area contributed by atoms with E-state index in [9.17, 15) is 0 Å². The number of hydrogen-bond acceptors (Lipinski definition) is 2. The molecule has 1 unspecified atom stereocenters. The lowest BCUT2D eigenvalue weighted by atomic mass is 9.78. The zero-order valence-electron chi connectivity index (χ0n) is 13.0. The zero-order valence-corrected chi connectivity index (χ0v) is 13.0. The first-order valence-electron chi connectivity index (χ1n) is 8.71. The quantitative estimate of drug-likeness (QED) is 0.820. The SMILES string of the molecule is CC(C)C1CNC2(CCCCC2)CN1C1CCCC1. The fourth-order valence-corrected chi connectivity index (χ4v) is 4.78. The highest BCUT2D eigenvalue weighted by Gasteiger charge is 2.43. The Morgan fingerprint density at radius 1 is 1.00 bits per heavy atom. The third kappa shape index (κ3) is 2.85. The van der Waals surface area contributed by atoms with Gasteiger partial charge in [-0.25, -0.2) is 0 Å². The monoisotopic (exact) mass is 264 g/mol. The third-order valence-electron chi connectivity index (χ3n) is 5.97. The van der Waals surface area contributed by atoms with Crippen LogP contribution in [0.3, 0.4) is 0 Å². The van der Waals surface area contributed by atoms with E-state index in [1.165, 1.54) is 70.9 Å². The molecule has 1 heterocycles. The molecule has 19 heavy (non-hydrogen) atoms. The van der Waals surface area contributed by atoms with Gasteiger partial charge < -0.3 is 5.32 Å². The minimum atomic E-state index is 0.478. The molecule has 2 nitrogen and oxygen atoms in total. The molecule has 3 fully saturated rings. The van der Waals surface area contributed by atoms with Crippen molar-refractivity contribution in [3.05, 3.63) is 0 Å². The molecule has 1 aliphatic heterocycles. The van der Waals surface area contributed by atoms with E-state index in [1.54, 1.807) is 0 Å². The van der Waals surface area contributed by atoms with Crippen molar-refractivity contribution in [2.45, 2.75) is 89.3 Å². The summed E-state index contributed by atoms with van der Waals surface area (Å²) in [5.74, 6) is 0.786. The highest BCUT2D eigenvalue weighted by atomic mass is 15.3. The van der Waals surface area contributed by atoms with Crippen molar-refractivity contribution in [1.29, 1.82) is 0 Å². The van der Waals surface area contributed by atoms with E-state index in [-0.39, 0.29) is 0 Å². The second-order valence-electron chi connectivity index (χ2n) is 7.64. The Labute approximate surface area is 119 Å². The molecule has 2 aliphatic carbocycles. The van der Waals surface area contributed by atoms with Crippen molar-refractivity contribution >= 4 is 0 Å². The Balaban J connectivity index is 1.73. The van der Waals surface area contributed by atoms with Crippen LogP contribution in [0.1, 0.15) is 71.6 Å². The van der Waals surface area contributed by atoms with Crippen LogP contribution in [0.4, 0.5) is 0 Å². The molecule has 0 aromatic carbocycles. The lowest BCUT2D eigenvalue weighted by molar-refractivity contribution is 0.00778. The Kier molecular flexibility index (Phi) is 4.19. The summed E-state index contributed by atoms with van der Waals surface area (Å²) in [5, 5.41) is 3.98. The van der Waals surface area contributed by atoms with Gasteiger partial charge in [-0.05, 0) is 31.6 Å². The molecule has 0 amide bonds. The molecule has 0 aromatic rings. The third-order valence-corrected chi connectivity index (χ3v) is 5.97. The maximum Gasteiger partial charge on any atom is 0.0309 e. The summed E-state index contributed by atoms with van der Waals surface area (Å²) in [5.41, 5.74) is 0.478. The Bertz CT molecular complexity index is 288. The molecule has 1 N–H and O–H groups in total. The molecule has 3 rings (SSSR count). The highest BCUT2D eigenvalue weighted by Crippen LogP contribution is 2.36. The second kappa shape index (κ2) is 5.73. The van der Waals surface area contributed by atoms with E-state index in [0.29, 0.717) is 5.54 Å². The van der Waals surface area contributed by atoms with E-state index in [1.807, 2.05) is 0 Å². The number of piperazine rings is 1. The molecule has 3 aliphatic rings. The average molecular weight is 264 g/mol. The first kappa shape index (κ1) is 13.9. The van der Waals surface area contributed by atoms with E-state index in [0.717, 1.165) is 18.0 Å². The van der Waals surface area contributed by atoms with Gasteiger partial charge in [-0.3, -0.25) is 4.90 Å². The molecule has 0 radical (unpaired) electrons. The van der Waals surface area contributed by atoms with Crippen molar-refractivity contribution in [3.8, 4) is 0 Å². The summed E-state index contributed by atoms with van der Waals surface area (Å²) in [4.78, 5) is 2.93. The molecule has 1 saturated heterocycles. The largest absolute Gasteiger partial charge is 0.308 e. The fourth-order valence-electron chi connectivity index (χ4n) is 4.78. The lowest BCUT2D eigenvalue weighted by Crippen LogP contribution is -2.67. The molecular formula is C17H32N2. The summed E-state index contributed by atoms with van der Waals surface area (Å²) in [7, 11) is 0. The predicted molar refractivity (Wildman–Crippen MR) is 81.4 cm³/mol. The van der Waals surface area contributed by atoms with Crippen molar-refractivity contribution in [3.63, 3.8) is 0 Å². The fraction of sp³-hybridized carbons (Fsp3) is 1.00. The second-order valence-corrected chi connectivity index (χ2v) is 7.64. The number of hydrogen-bond donors (Lipinski definition) is 1. The molecule has 110 valence electrons. The van der Waals surface area contributed by atoms with Crippen LogP contribution >= 0.6 is 0 Å². The number of nitrogens with zero attached hydrogens (tertiary/aromatic N) is 1. The van der Waals surface area contributed by atoms with Crippen LogP contribution in [0.2, 0.25) is 0 Å². The number of rotatable bonds is 2.